The van der Waals surface area contributed by atoms with Crippen molar-refractivity contribution in [1.29, 1.82) is 0 Å². The molecule has 0 radical (unpaired) electrons. The van der Waals surface area contributed by atoms with E-state index in [0.29, 0.717) is 35.3 Å². The fourth-order valence-corrected chi connectivity index (χ4v) is 7.18. The predicted molar refractivity (Wildman–Crippen MR) is 158 cm³/mol. The molecule has 1 aliphatic carbocycles. The Kier molecular flexibility index (Phi) is 9.17. The summed E-state index contributed by atoms with van der Waals surface area (Å²) in [5, 5.41) is 8.29. The third kappa shape index (κ3) is 7.37. The van der Waals surface area contributed by atoms with E-state index < -0.39 is 10.3 Å². The molecule has 3 atom stereocenters. The van der Waals surface area contributed by atoms with Crippen LogP contribution in [0.3, 0.4) is 0 Å². The maximum atomic E-state index is 13.7. The molecule has 0 amide bonds. The fourth-order valence-electron chi connectivity index (χ4n) is 5.80. The maximum absolute atomic E-state index is 13.7. The van der Waals surface area contributed by atoms with E-state index in [1.54, 1.807) is 6.20 Å². The molecule has 3 heterocycles. The van der Waals surface area contributed by atoms with Crippen molar-refractivity contribution in [2.24, 2.45) is 17.0 Å². The number of carbonyl (C=O) groups excluding carboxylic acids is 1. The molecular weight excluding hydrogens is 562 g/mol. The molecule has 0 saturated heterocycles. The molecular formula is C29H37N5O5S2. The number of benzene rings is 1. The van der Waals surface area contributed by atoms with Crippen LogP contribution >= 0.6 is 11.3 Å². The highest BCUT2D eigenvalue weighted by atomic mass is 32.2. The van der Waals surface area contributed by atoms with Gasteiger partial charge in [0.1, 0.15) is 18.2 Å². The van der Waals surface area contributed by atoms with Crippen molar-refractivity contribution in [3.63, 3.8) is 0 Å². The summed E-state index contributed by atoms with van der Waals surface area (Å²) in [4.78, 5) is 26.0. The molecule has 1 fully saturated rings. The van der Waals surface area contributed by atoms with Crippen LogP contribution in [-0.4, -0.2) is 62.9 Å². The molecule has 3 aromatic rings. The van der Waals surface area contributed by atoms with Crippen LogP contribution in [0.1, 0.15) is 67.7 Å². The summed E-state index contributed by atoms with van der Waals surface area (Å²) in [5.74, 6) is 0.800. The number of thiophene rings is 1. The third-order valence-corrected chi connectivity index (χ3v) is 9.27. The van der Waals surface area contributed by atoms with Crippen molar-refractivity contribution in [2.75, 3.05) is 39.2 Å². The highest BCUT2D eigenvalue weighted by molar-refractivity contribution is 7.84. The van der Waals surface area contributed by atoms with E-state index in [-0.39, 0.29) is 24.4 Å². The summed E-state index contributed by atoms with van der Waals surface area (Å²) >= 11 is 1.47. The third-order valence-electron chi connectivity index (χ3n) is 7.74. The van der Waals surface area contributed by atoms with Crippen molar-refractivity contribution < 1.29 is 22.1 Å². The molecule has 0 bridgehead atoms. The number of aryl methyl sites for hydroxylation is 1. The van der Waals surface area contributed by atoms with Crippen molar-refractivity contribution in [1.82, 2.24) is 14.9 Å². The van der Waals surface area contributed by atoms with Crippen LogP contribution in [0, 0.1) is 18.8 Å². The van der Waals surface area contributed by atoms with Crippen LogP contribution in [0.4, 0.5) is 5.82 Å². The summed E-state index contributed by atoms with van der Waals surface area (Å²) < 4.78 is 33.3. The number of carbonyl (C=O) groups is 1. The molecule has 0 spiro atoms. The van der Waals surface area contributed by atoms with Crippen LogP contribution in [0.2, 0.25) is 0 Å². The molecule has 41 heavy (non-hydrogen) atoms. The van der Waals surface area contributed by atoms with Gasteiger partial charge in [0.15, 0.2) is 0 Å². The zero-order chi connectivity index (χ0) is 29.1. The smallest absolute Gasteiger partial charge is 0.333 e. The number of nitrogens with two attached hydrogens (primary N) is 1. The summed E-state index contributed by atoms with van der Waals surface area (Å²) in [6.45, 7) is 4.23. The van der Waals surface area contributed by atoms with Gasteiger partial charge in [0.05, 0.1) is 23.7 Å². The zero-order valence-electron chi connectivity index (χ0n) is 23.6. The number of nitrogens with one attached hydrogen (secondary N) is 1. The summed E-state index contributed by atoms with van der Waals surface area (Å²) in [5.41, 5.74) is 5.13. The largest absolute Gasteiger partial charge is 0.369 e. The van der Waals surface area contributed by atoms with Crippen molar-refractivity contribution in [2.45, 2.75) is 45.3 Å². The number of ketones is 1. The van der Waals surface area contributed by atoms with E-state index in [1.807, 2.05) is 13.0 Å². The Labute approximate surface area is 245 Å². The number of ether oxygens (including phenoxy) is 1. The standard InChI is InChI=1S/C29H37N5O5S2/c1-18-23(28-24-11-20(15-34(2)3)6-7-22(24)8-9-38-28)12-26(40-18)27(35)25-14-31-17-33-29(25)32-13-19-4-5-21(10-19)16-39-41(30,36)37/h6-7,11-12,14,17,19,21,28H,4-5,8-10,13,15-16H2,1-3H3,(H2,30,36,37)(H,31,32,33)/t19-,21?,28?/m0/s1. The monoisotopic (exact) mass is 599 g/mol. The van der Waals surface area contributed by atoms with E-state index in [1.165, 1.54) is 34.4 Å². The lowest BCUT2D eigenvalue weighted by molar-refractivity contribution is 0.0696. The number of aromatic nitrogens is 2. The van der Waals surface area contributed by atoms with Gasteiger partial charge in [0.2, 0.25) is 5.78 Å². The first-order valence-corrected chi connectivity index (χ1v) is 16.1. The first kappa shape index (κ1) is 29.7. The van der Waals surface area contributed by atoms with Crippen molar-refractivity contribution >= 4 is 33.2 Å². The number of rotatable bonds is 11. The van der Waals surface area contributed by atoms with E-state index in [0.717, 1.165) is 42.7 Å². The van der Waals surface area contributed by atoms with E-state index in [2.05, 4.69) is 52.5 Å². The van der Waals surface area contributed by atoms with Gasteiger partial charge in [0.25, 0.3) is 0 Å². The SMILES string of the molecule is Cc1sc(C(=O)c2cncnc2NC[C@H]2CCC(COS(N)(=O)=O)C2)cc1C1OCCc2ccc(CN(C)C)cc21. The molecule has 5 rings (SSSR count). The molecule has 2 unspecified atom stereocenters. The Morgan fingerprint density at radius 1 is 1.22 bits per heavy atom. The van der Waals surface area contributed by atoms with Crippen LogP contribution in [0.5, 0.6) is 0 Å². The number of nitrogens with zero attached hydrogens (tertiary/aromatic N) is 3. The van der Waals surface area contributed by atoms with Crippen LogP contribution < -0.4 is 10.5 Å². The van der Waals surface area contributed by atoms with Gasteiger partial charge in [-0.2, -0.15) is 8.42 Å². The molecule has 2 aromatic heterocycles. The van der Waals surface area contributed by atoms with Gasteiger partial charge >= 0.3 is 10.3 Å². The van der Waals surface area contributed by atoms with Gasteiger partial charge < -0.3 is 15.0 Å². The quantitative estimate of drug-likeness (QED) is 0.315. The van der Waals surface area contributed by atoms with Gasteiger partial charge in [-0.25, -0.2) is 15.1 Å². The lowest BCUT2D eigenvalue weighted by atomic mass is 9.91. The predicted octanol–water partition coefficient (Wildman–Crippen LogP) is 3.85. The zero-order valence-corrected chi connectivity index (χ0v) is 25.3. The van der Waals surface area contributed by atoms with E-state index in [4.69, 9.17) is 14.1 Å². The minimum Gasteiger partial charge on any atom is -0.369 e. The highest BCUT2D eigenvalue weighted by Crippen LogP contribution is 2.39. The first-order chi connectivity index (χ1) is 19.6. The average molecular weight is 600 g/mol. The molecule has 1 aromatic carbocycles. The van der Waals surface area contributed by atoms with Crippen molar-refractivity contribution in [3.8, 4) is 0 Å². The summed E-state index contributed by atoms with van der Waals surface area (Å²) in [6.07, 6.45) is 6.24. The van der Waals surface area contributed by atoms with Gasteiger partial charge in [0, 0.05) is 24.2 Å². The fraction of sp³-hybridized carbons (Fsp3) is 0.483. The molecule has 1 saturated carbocycles. The number of anilines is 1. The Morgan fingerprint density at radius 2 is 2.02 bits per heavy atom. The normalized spacial score (nSPS) is 20.8. The second kappa shape index (κ2) is 12.6. The molecule has 3 N–H and O–H groups in total. The summed E-state index contributed by atoms with van der Waals surface area (Å²) in [7, 11) is 0.181. The lowest BCUT2D eigenvalue weighted by Gasteiger charge is -2.27. The van der Waals surface area contributed by atoms with E-state index >= 15 is 0 Å². The van der Waals surface area contributed by atoms with Crippen LogP contribution in [0.25, 0.3) is 0 Å². The molecule has 1 aliphatic heterocycles. The number of hydrogen-bond acceptors (Lipinski definition) is 10. The topological polar surface area (TPSA) is 137 Å². The van der Waals surface area contributed by atoms with E-state index in [9.17, 15) is 13.2 Å². The lowest BCUT2D eigenvalue weighted by Crippen LogP contribution is -2.20. The number of fused-ring (bicyclic) bond motifs is 1. The Bertz CT molecular complexity index is 1510. The van der Waals surface area contributed by atoms with Gasteiger partial charge in [-0.15, -0.1) is 11.3 Å². The molecule has 12 heteroatoms. The minimum absolute atomic E-state index is 0.0960. The average Bonchev–Trinajstić information content (AvgIpc) is 3.56. The van der Waals surface area contributed by atoms with Crippen LogP contribution in [0.15, 0.2) is 36.8 Å². The summed E-state index contributed by atoms with van der Waals surface area (Å²) in [6, 6.07) is 8.59. The van der Waals surface area contributed by atoms with Crippen LogP contribution in [-0.2, 0) is 32.2 Å². The molecule has 10 nitrogen and oxygen atoms in total. The second-order valence-corrected chi connectivity index (χ2v) is 13.7. The molecule has 220 valence electrons. The Hall–Kier alpha value is -2.74. The van der Waals surface area contributed by atoms with Crippen molar-refractivity contribution in [3.05, 3.63) is 74.4 Å². The first-order valence-electron chi connectivity index (χ1n) is 13.8. The highest BCUT2D eigenvalue weighted by Gasteiger charge is 2.29. The van der Waals surface area contributed by atoms with Gasteiger partial charge in [-0.05, 0) is 86.9 Å². The Morgan fingerprint density at radius 3 is 2.80 bits per heavy atom. The van der Waals surface area contributed by atoms with Gasteiger partial charge in [-0.3, -0.25) is 8.98 Å². The Balaban J connectivity index is 1.30. The maximum Gasteiger partial charge on any atom is 0.333 e. The number of hydrogen-bond donors (Lipinski definition) is 2. The molecule has 2 aliphatic rings. The second-order valence-electron chi connectivity index (χ2n) is 11.2. The minimum atomic E-state index is -3.93. The van der Waals surface area contributed by atoms with Gasteiger partial charge in [-0.1, -0.05) is 18.2 Å².